The van der Waals surface area contributed by atoms with Crippen molar-refractivity contribution in [3.05, 3.63) is 48.0 Å². The van der Waals surface area contributed by atoms with Crippen molar-refractivity contribution in [2.24, 2.45) is 0 Å². The van der Waals surface area contributed by atoms with Gasteiger partial charge in [-0.1, -0.05) is 0 Å². The minimum atomic E-state index is -1.91. The van der Waals surface area contributed by atoms with Gasteiger partial charge in [-0.05, 0) is 0 Å². The van der Waals surface area contributed by atoms with Gasteiger partial charge in [-0.25, -0.2) is 4.79 Å². The molecule has 12 heteroatoms. The number of non-ortho nitro benzene ring substituents is 1. The van der Waals surface area contributed by atoms with Crippen LogP contribution >= 0.6 is 0 Å². The van der Waals surface area contributed by atoms with E-state index < -0.39 is 43.4 Å². The summed E-state index contributed by atoms with van der Waals surface area (Å²) in [5.41, 5.74) is -4.54. The number of nitro benzene ring substituents is 3. The van der Waals surface area contributed by atoms with Gasteiger partial charge in [0.1, 0.15) is 0 Å². The van der Waals surface area contributed by atoms with E-state index in [2.05, 4.69) is 0 Å². The van der Waals surface area contributed by atoms with E-state index in [0.717, 1.165) is 0 Å². The van der Waals surface area contributed by atoms with Crippen LogP contribution in [-0.4, -0.2) is 44.7 Å². The second-order valence-corrected chi connectivity index (χ2v) is 2.94. The molecule has 0 heterocycles. The zero-order chi connectivity index (χ0) is 14.0. The van der Waals surface area contributed by atoms with E-state index in [0.29, 0.717) is 12.1 Å². The number of benzene rings is 1. The van der Waals surface area contributed by atoms with Gasteiger partial charge in [0.2, 0.25) is 5.56 Å². The molecule has 1 aromatic rings. The monoisotopic (exact) mass is 265 g/mol. The SMILES string of the molecule is O=C(O)c1c([N+](=O)[O-])cc([N+](=O)[O-])cc1[N+](=O)[O-].[LiH]. The van der Waals surface area contributed by atoms with Gasteiger partial charge in [0.05, 0.1) is 26.9 Å². The molecule has 0 amide bonds. The first kappa shape index (κ1) is 16.5. The fourth-order valence-electron chi connectivity index (χ4n) is 1.21. The van der Waals surface area contributed by atoms with Gasteiger partial charge in [-0.3, -0.25) is 30.3 Å². The molecule has 0 bridgehead atoms. The van der Waals surface area contributed by atoms with E-state index in [-0.39, 0.29) is 18.9 Å². The van der Waals surface area contributed by atoms with Crippen LogP contribution in [0.4, 0.5) is 17.1 Å². The summed E-state index contributed by atoms with van der Waals surface area (Å²) in [6.45, 7) is 0. The molecule has 0 radical (unpaired) electrons. The number of carbonyl (C=O) groups is 1. The van der Waals surface area contributed by atoms with E-state index in [4.69, 9.17) is 5.11 Å². The van der Waals surface area contributed by atoms with Gasteiger partial charge in [0, 0.05) is 0 Å². The Balaban J connectivity index is 0.00000324. The first-order valence-corrected chi connectivity index (χ1v) is 4.10. The van der Waals surface area contributed by atoms with Crippen LogP contribution in [0, 0.1) is 30.3 Å². The Morgan fingerprint density at radius 2 is 1.32 bits per heavy atom. The zero-order valence-electron chi connectivity index (χ0n) is 8.30. The van der Waals surface area contributed by atoms with Gasteiger partial charge in [0.15, 0.2) is 0 Å². The van der Waals surface area contributed by atoms with Gasteiger partial charge >= 0.3 is 24.8 Å². The summed E-state index contributed by atoms with van der Waals surface area (Å²) in [5, 5.41) is 40.3. The number of hydrogen-bond acceptors (Lipinski definition) is 7. The maximum atomic E-state index is 10.8. The van der Waals surface area contributed by atoms with Crippen molar-refractivity contribution in [3.8, 4) is 0 Å². The molecule has 19 heavy (non-hydrogen) atoms. The predicted molar refractivity (Wildman–Crippen MR) is 60.5 cm³/mol. The van der Waals surface area contributed by atoms with Crippen LogP contribution in [0.3, 0.4) is 0 Å². The summed E-state index contributed by atoms with van der Waals surface area (Å²) in [5.74, 6) is -1.91. The van der Waals surface area contributed by atoms with Crippen molar-refractivity contribution in [3.63, 3.8) is 0 Å². The molecular weight excluding hydrogens is 261 g/mol. The molecule has 11 nitrogen and oxygen atoms in total. The molecule has 1 rings (SSSR count). The van der Waals surface area contributed by atoms with E-state index in [1.54, 1.807) is 0 Å². The normalized spacial score (nSPS) is 9.26. The van der Waals surface area contributed by atoms with Crippen molar-refractivity contribution in [2.45, 2.75) is 0 Å². The molecule has 1 aromatic carbocycles. The van der Waals surface area contributed by atoms with E-state index in [9.17, 15) is 35.1 Å². The molecule has 0 unspecified atom stereocenters. The Kier molecular flexibility index (Phi) is 5.11. The molecule has 96 valence electrons. The third-order valence-electron chi connectivity index (χ3n) is 1.90. The Morgan fingerprint density at radius 3 is 1.53 bits per heavy atom. The van der Waals surface area contributed by atoms with Gasteiger partial charge < -0.3 is 5.11 Å². The number of nitrogens with zero attached hydrogens (tertiary/aromatic N) is 3. The third-order valence-corrected chi connectivity index (χ3v) is 1.90. The summed E-state index contributed by atoms with van der Waals surface area (Å²) in [6, 6.07) is 0.715. The fraction of sp³-hybridized carbons (Fsp3) is 0. The molecule has 0 aliphatic heterocycles. The van der Waals surface area contributed by atoms with Crippen molar-refractivity contribution in [1.82, 2.24) is 0 Å². The predicted octanol–water partition coefficient (Wildman–Crippen LogP) is 0.461. The number of carboxylic acids is 1. The maximum absolute atomic E-state index is 10.8. The third kappa shape index (κ3) is 3.24. The van der Waals surface area contributed by atoms with Crippen molar-refractivity contribution in [2.75, 3.05) is 0 Å². The molecule has 0 aliphatic rings. The summed E-state index contributed by atoms with van der Waals surface area (Å²) < 4.78 is 0. The Bertz CT molecular complexity index is 551. The average Bonchev–Trinajstić information content (AvgIpc) is 2.26. The zero-order valence-corrected chi connectivity index (χ0v) is 8.30. The number of aromatic carboxylic acids is 1. The van der Waals surface area contributed by atoms with Crippen LogP contribution in [0.25, 0.3) is 0 Å². The van der Waals surface area contributed by atoms with Crippen LogP contribution in [0.15, 0.2) is 12.1 Å². The van der Waals surface area contributed by atoms with Crippen LogP contribution in [-0.2, 0) is 0 Å². The summed E-state index contributed by atoms with van der Waals surface area (Å²) in [7, 11) is 0. The molecule has 1 N–H and O–H groups in total. The first-order valence-electron chi connectivity index (χ1n) is 4.10. The average molecular weight is 265 g/mol. The quantitative estimate of drug-likeness (QED) is 0.465. The van der Waals surface area contributed by atoms with Gasteiger partial charge in [-0.2, -0.15) is 0 Å². The fourth-order valence-corrected chi connectivity index (χ4v) is 1.21. The van der Waals surface area contributed by atoms with E-state index >= 15 is 0 Å². The number of rotatable bonds is 4. The summed E-state index contributed by atoms with van der Waals surface area (Å²) in [4.78, 5) is 38.8. The van der Waals surface area contributed by atoms with Crippen molar-refractivity contribution in [1.29, 1.82) is 0 Å². The first-order chi connectivity index (χ1) is 8.25. The second kappa shape index (κ2) is 5.89. The minimum absolute atomic E-state index is 0. The molecular formula is C7H4LiN3O8. The van der Waals surface area contributed by atoms with Crippen molar-refractivity contribution >= 4 is 41.9 Å². The van der Waals surface area contributed by atoms with Crippen LogP contribution in [0.2, 0.25) is 0 Å². The Morgan fingerprint density at radius 1 is 0.947 bits per heavy atom. The van der Waals surface area contributed by atoms with Crippen LogP contribution in [0.5, 0.6) is 0 Å². The number of carboxylic acid groups (broad SMARTS) is 1. The van der Waals surface area contributed by atoms with E-state index in [1.807, 2.05) is 0 Å². The van der Waals surface area contributed by atoms with E-state index in [1.165, 1.54) is 0 Å². The molecule has 0 aromatic heterocycles. The van der Waals surface area contributed by atoms with Crippen molar-refractivity contribution < 1.29 is 24.7 Å². The van der Waals surface area contributed by atoms with Crippen LogP contribution in [0.1, 0.15) is 10.4 Å². The second-order valence-electron chi connectivity index (χ2n) is 2.94. The number of hydrogen-bond donors (Lipinski definition) is 1. The molecule has 0 atom stereocenters. The standard InChI is InChI=1S/C7H3N3O8.Li.H/c11-7(12)6-4(9(15)16)1-3(8(13)14)2-5(6)10(17)18;;/h1-2H,(H,11,12);;. The topological polar surface area (TPSA) is 167 Å². The molecule has 0 saturated carbocycles. The number of nitro groups is 3. The summed E-state index contributed by atoms with van der Waals surface area (Å²) in [6.07, 6.45) is 0. The van der Waals surface area contributed by atoms with Gasteiger partial charge in [0.25, 0.3) is 17.1 Å². The molecule has 0 fully saturated rings. The van der Waals surface area contributed by atoms with Crippen LogP contribution < -0.4 is 0 Å². The molecule has 0 spiro atoms. The summed E-state index contributed by atoms with van der Waals surface area (Å²) >= 11 is 0. The Labute approximate surface area is 115 Å². The molecule has 0 aliphatic carbocycles. The van der Waals surface area contributed by atoms with Gasteiger partial charge in [-0.15, -0.1) is 0 Å². The Hall–Kier alpha value is -2.51. The molecule has 0 saturated heterocycles.